The molecule has 0 bridgehead atoms. The van der Waals surface area contributed by atoms with Crippen molar-refractivity contribution in [2.75, 3.05) is 28.4 Å². The standard InChI is InChI=1S/C26H27N7O4S.C25H27ClN6O4S/c1-16-9-20(14-28-11-16)26-32-31-23(33(26)24-21(36-4)7-6-8-22(24)37-5)15-38(34,35)18(3)17(2)25-29-12-19(10-27)13-30-25;1-15-9-18(11-27-10-15)25-31-30-22(32(25)23-20(35-4)7-6-8-21(23)36-5)14-37(33,34)17(3)16(2)24-28-12-19(26)13-29-24/h6-9,11-14,17-18H,15H2,1-5H3;6-13,16-17H,14H2,1-5H3/t17-,18-;16-,17-/m00/s1. The summed E-state index contributed by atoms with van der Waals surface area (Å²) in [7, 11) is -1.43. The number of ether oxygens (including phenoxy) is 4. The normalized spacial score (nSPS) is 13.1. The summed E-state index contributed by atoms with van der Waals surface area (Å²) >= 11 is 5.89. The lowest BCUT2D eigenvalue weighted by Gasteiger charge is -2.20. The van der Waals surface area contributed by atoms with E-state index in [4.69, 9.17) is 35.8 Å². The van der Waals surface area contributed by atoms with Crippen LogP contribution in [0.2, 0.25) is 5.02 Å². The number of nitriles is 1. The van der Waals surface area contributed by atoms with E-state index in [1.165, 1.54) is 53.2 Å². The van der Waals surface area contributed by atoms with Gasteiger partial charge in [0.25, 0.3) is 0 Å². The molecule has 0 spiro atoms. The third-order valence-corrected chi connectivity index (χ3v) is 17.0. The van der Waals surface area contributed by atoms with E-state index in [0.29, 0.717) is 79.4 Å². The van der Waals surface area contributed by atoms with Crippen molar-refractivity contribution in [1.29, 1.82) is 5.26 Å². The Hall–Kier alpha value is -7.94. The second kappa shape index (κ2) is 23.5. The first-order valence-corrected chi connectivity index (χ1v) is 26.9. The number of aryl methyl sites for hydroxylation is 2. The van der Waals surface area contributed by atoms with Gasteiger partial charge in [0.15, 0.2) is 43.0 Å². The zero-order valence-corrected chi connectivity index (χ0v) is 45.1. The molecule has 0 saturated carbocycles. The van der Waals surface area contributed by atoms with Gasteiger partial charge in [-0.15, -0.1) is 20.4 Å². The molecule has 2 aromatic carbocycles. The molecule has 4 atom stereocenters. The number of benzene rings is 2. The van der Waals surface area contributed by atoms with Crippen molar-refractivity contribution in [3.8, 4) is 63.2 Å². The fraction of sp³-hybridized carbons (Fsp3) is 0.314. The maximum atomic E-state index is 13.7. The van der Waals surface area contributed by atoms with Crippen LogP contribution in [0.4, 0.5) is 0 Å². The molecule has 0 aliphatic rings. The molecule has 24 heteroatoms. The first kappa shape index (κ1) is 54.8. The van der Waals surface area contributed by atoms with Crippen molar-refractivity contribution < 1.29 is 35.8 Å². The van der Waals surface area contributed by atoms with Crippen LogP contribution in [-0.4, -0.2) is 115 Å². The van der Waals surface area contributed by atoms with Crippen LogP contribution >= 0.6 is 11.6 Å². The summed E-state index contributed by atoms with van der Waals surface area (Å²) in [4.78, 5) is 25.3. The van der Waals surface area contributed by atoms with E-state index in [1.807, 2.05) is 32.0 Å². The van der Waals surface area contributed by atoms with E-state index in [-0.39, 0.29) is 17.4 Å². The Kier molecular flexibility index (Phi) is 17.2. The van der Waals surface area contributed by atoms with Crippen molar-refractivity contribution in [2.45, 2.75) is 75.4 Å². The van der Waals surface area contributed by atoms with Crippen molar-refractivity contribution >= 4 is 31.3 Å². The monoisotopic (exact) mass is 1080 g/mol. The summed E-state index contributed by atoms with van der Waals surface area (Å²) in [6, 6.07) is 16.3. The van der Waals surface area contributed by atoms with Gasteiger partial charge in [-0.3, -0.25) is 19.1 Å². The molecule has 8 aromatic rings. The predicted octanol–water partition coefficient (Wildman–Crippen LogP) is 7.63. The fourth-order valence-electron chi connectivity index (χ4n) is 7.98. The molecule has 390 valence electrons. The van der Waals surface area contributed by atoms with Crippen molar-refractivity contribution in [3.63, 3.8) is 0 Å². The average molecular weight is 1080 g/mol. The van der Waals surface area contributed by atoms with Gasteiger partial charge in [-0.1, -0.05) is 37.6 Å². The Balaban J connectivity index is 0.000000219. The third kappa shape index (κ3) is 12.0. The van der Waals surface area contributed by atoms with Crippen LogP contribution < -0.4 is 18.9 Å². The molecule has 0 aliphatic carbocycles. The lowest BCUT2D eigenvalue weighted by molar-refractivity contribution is 0.390. The molecule has 21 nitrogen and oxygen atoms in total. The van der Waals surface area contributed by atoms with Crippen LogP contribution in [0, 0.1) is 25.2 Å². The quantitative estimate of drug-likeness (QED) is 0.0799. The molecule has 0 saturated heterocycles. The largest absolute Gasteiger partial charge is 0.494 e. The van der Waals surface area contributed by atoms with Crippen LogP contribution in [0.25, 0.3) is 34.2 Å². The smallest absolute Gasteiger partial charge is 0.170 e. The van der Waals surface area contributed by atoms with Gasteiger partial charge in [-0.25, -0.2) is 36.8 Å². The number of pyridine rings is 2. The fourth-order valence-corrected chi connectivity index (χ4v) is 11.2. The van der Waals surface area contributed by atoms with E-state index in [2.05, 4.69) is 50.3 Å². The molecule has 0 unspecified atom stereocenters. The number of para-hydroxylation sites is 2. The number of hydrogen-bond donors (Lipinski definition) is 0. The van der Waals surface area contributed by atoms with E-state index in [1.54, 1.807) is 98.0 Å². The highest BCUT2D eigenvalue weighted by Gasteiger charge is 2.35. The lowest BCUT2D eigenvalue weighted by atomic mass is 10.1. The minimum absolute atomic E-state index is 0.184. The summed E-state index contributed by atoms with van der Waals surface area (Å²) in [5.74, 6) is 1.93. The van der Waals surface area contributed by atoms with Gasteiger partial charge >= 0.3 is 0 Å². The van der Waals surface area contributed by atoms with Crippen molar-refractivity contribution in [1.82, 2.24) is 59.4 Å². The molecular formula is C51H54ClN13O8S2. The summed E-state index contributed by atoms with van der Waals surface area (Å²) < 4.78 is 80.4. The van der Waals surface area contributed by atoms with Crippen molar-refractivity contribution in [2.24, 2.45) is 0 Å². The second-order valence-electron chi connectivity index (χ2n) is 17.4. The van der Waals surface area contributed by atoms with Gasteiger partial charge in [-0.05, 0) is 75.2 Å². The zero-order valence-electron chi connectivity index (χ0n) is 42.7. The number of aromatic nitrogens is 12. The Morgan fingerprint density at radius 2 is 0.920 bits per heavy atom. The topological polar surface area (TPSA) is 268 Å². The first-order valence-electron chi connectivity index (χ1n) is 23.1. The highest BCUT2D eigenvalue weighted by Crippen LogP contribution is 2.39. The number of sulfone groups is 2. The van der Waals surface area contributed by atoms with Crippen molar-refractivity contribution in [3.05, 3.63) is 143 Å². The van der Waals surface area contributed by atoms with Crippen LogP contribution in [0.5, 0.6) is 23.0 Å². The number of rotatable bonds is 18. The molecule has 0 radical (unpaired) electrons. The highest BCUT2D eigenvalue weighted by atomic mass is 35.5. The van der Waals surface area contributed by atoms with Gasteiger partial charge in [0.1, 0.15) is 63.6 Å². The third-order valence-electron chi connectivity index (χ3n) is 12.4. The lowest BCUT2D eigenvalue weighted by Crippen LogP contribution is -2.27. The van der Waals surface area contributed by atoms with E-state index >= 15 is 0 Å². The van der Waals surface area contributed by atoms with Crippen LogP contribution in [-0.2, 0) is 31.2 Å². The maximum Gasteiger partial charge on any atom is 0.170 e. The number of halogens is 1. The number of methoxy groups -OCH3 is 4. The van der Waals surface area contributed by atoms with Gasteiger partial charge in [0, 0.05) is 72.5 Å². The Morgan fingerprint density at radius 3 is 1.25 bits per heavy atom. The van der Waals surface area contributed by atoms with Crippen LogP contribution in [0.1, 0.15) is 79.5 Å². The minimum atomic E-state index is -3.79. The Bertz CT molecular complexity index is 3530. The first-order chi connectivity index (χ1) is 35.9. The molecule has 0 aliphatic heterocycles. The molecule has 0 fully saturated rings. The summed E-state index contributed by atoms with van der Waals surface area (Å²) in [5.41, 5.74) is 4.40. The summed E-state index contributed by atoms with van der Waals surface area (Å²) in [6.07, 6.45) is 12.4. The molecule has 75 heavy (non-hydrogen) atoms. The molecule has 6 aromatic heterocycles. The van der Waals surface area contributed by atoms with E-state index < -0.39 is 47.8 Å². The van der Waals surface area contributed by atoms with Crippen LogP contribution in [0.3, 0.4) is 0 Å². The van der Waals surface area contributed by atoms with Gasteiger partial charge in [0.05, 0.1) is 49.5 Å². The van der Waals surface area contributed by atoms with Gasteiger partial charge < -0.3 is 18.9 Å². The SMILES string of the molecule is COc1cccc(OC)c1-n1c(CS(=O)(=O)[C@@H](C)[C@H](C)c2ncc(C#N)cn2)nnc1-c1cncc(C)c1.COc1cccc(OC)c1-n1c(CS(=O)(=O)[C@@H](C)[C@H](C)c2ncc(Cl)cn2)nnc1-c1cncc(C)c1. The summed E-state index contributed by atoms with van der Waals surface area (Å²) in [5, 5.41) is 25.0. The highest BCUT2D eigenvalue weighted by molar-refractivity contribution is 7.91. The van der Waals surface area contributed by atoms with Gasteiger partial charge in [-0.2, -0.15) is 5.26 Å². The number of nitrogens with zero attached hydrogens (tertiary/aromatic N) is 13. The predicted molar refractivity (Wildman–Crippen MR) is 280 cm³/mol. The molecule has 6 heterocycles. The summed E-state index contributed by atoms with van der Waals surface area (Å²) in [6.45, 7) is 10.6. The van der Waals surface area contributed by atoms with E-state index in [9.17, 15) is 16.8 Å². The molecule has 8 rings (SSSR count). The second-order valence-corrected chi connectivity index (χ2v) is 22.5. The molecule has 0 amide bonds. The number of hydrogen-bond acceptors (Lipinski definition) is 19. The van der Waals surface area contributed by atoms with Gasteiger partial charge in [0.2, 0.25) is 0 Å². The Labute approximate surface area is 439 Å². The van der Waals surface area contributed by atoms with E-state index in [0.717, 1.165) is 11.1 Å². The Morgan fingerprint density at radius 1 is 0.560 bits per heavy atom. The average Bonchev–Trinajstić information content (AvgIpc) is 4.03. The maximum absolute atomic E-state index is 13.7. The minimum Gasteiger partial charge on any atom is -0.494 e. The molecule has 0 N–H and O–H groups in total. The van der Waals surface area contributed by atoms with Crippen LogP contribution in [0.15, 0.2) is 98.1 Å². The molecular weight excluding hydrogens is 1020 g/mol. The zero-order chi connectivity index (χ0) is 54.2.